The Hall–Kier alpha value is -2.17. The molecule has 0 aromatic heterocycles. The smallest absolute Gasteiger partial charge is 0.328 e. The SMILES string of the molecule is CC(=O)NCc1cc(/C=C/C(=O)O)ccc1F. The number of hydrogen-bond acceptors (Lipinski definition) is 2. The first kappa shape index (κ1) is 12.9. The second-order valence-corrected chi connectivity index (χ2v) is 3.43. The van der Waals surface area contributed by atoms with Crippen LogP contribution in [0.3, 0.4) is 0 Å². The van der Waals surface area contributed by atoms with Crippen LogP contribution < -0.4 is 5.32 Å². The molecule has 4 nitrogen and oxygen atoms in total. The van der Waals surface area contributed by atoms with Crippen molar-refractivity contribution < 1.29 is 19.1 Å². The monoisotopic (exact) mass is 237 g/mol. The number of benzene rings is 1. The zero-order valence-corrected chi connectivity index (χ0v) is 9.24. The van der Waals surface area contributed by atoms with Crippen LogP contribution in [0.2, 0.25) is 0 Å². The van der Waals surface area contributed by atoms with E-state index in [0.29, 0.717) is 11.1 Å². The molecular formula is C12H12FNO3. The van der Waals surface area contributed by atoms with Gasteiger partial charge in [-0.2, -0.15) is 0 Å². The zero-order valence-electron chi connectivity index (χ0n) is 9.24. The summed E-state index contributed by atoms with van der Waals surface area (Å²) in [6.45, 7) is 1.42. The Labute approximate surface area is 97.8 Å². The summed E-state index contributed by atoms with van der Waals surface area (Å²) in [6.07, 6.45) is 2.33. The van der Waals surface area contributed by atoms with Crippen LogP contribution in [0.1, 0.15) is 18.1 Å². The fraction of sp³-hybridized carbons (Fsp3) is 0.167. The summed E-state index contributed by atoms with van der Waals surface area (Å²) >= 11 is 0. The lowest BCUT2D eigenvalue weighted by Gasteiger charge is -2.05. The van der Waals surface area contributed by atoms with Crippen LogP contribution >= 0.6 is 0 Å². The first-order valence-corrected chi connectivity index (χ1v) is 4.93. The molecule has 0 saturated carbocycles. The van der Waals surface area contributed by atoms with E-state index in [2.05, 4.69) is 5.32 Å². The molecule has 1 amide bonds. The van der Waals surface area contributed by atoms with Gasteiger partial charge in [0.25, 0.3) is 0 Å². The van der Waals surface area contributed by atoms with Gasteiger partial charge in [-0.25, -0.2) is 9.18 Å². The molecule has 0 aliphatic rings. The topological polar surface area (TPSA) is 66.4 Å². The van der Waals surface area contributed by atoms with Gasteiger partial charge in [0.15, 0.2) is 0 Å². The van der Waals surface area contributed by atoms with E-state index in [1.54, 1.807) is 0 Å². The summed E-state index contributed by atoms with van der Waals surface area (Å²) in [7, 11) is 0. The number of carbonyl (C=O) groups is 2. The quantitative estimate of drug-likeness (QED) is 0.781. The average molecular weight is 237 g/mol. The molecule has 17 heavy (non-hydrogen) atoms. The van der Waals surface area contributed by atoms with E-state index in [1.807, 2.05) is 0 Å². The highest BCUT2D eigenvalue weighted by Gasteiger charge is 2.03. The van der Waals surface area contributed by atoms with E-state index in [4.69, 9.17) is 5.11 Å². The molecule has 1 aromatic carbocycles. The Bertz CT molecular complexity index is 469. The van der Waals surface area contributed by atoms with Crippen molar-refractivity contribution in [2.24, 2.45) is 0 Å². The van der Waals surface area contributed by atoms with Gasteiger partial charge in [-0.05, 0) is 23.8 Å². The van der Waals surface area contributed by atoms with Gasteiger partial charge in [0.2, 0.25) is 5.91 Å². The Morgan fingerprint density at radius 2 is 2.18 bits per heavy atom. The normalized spacial score (nSPS) is 10.5. The summed E-state index contributed by atoms with van der Waals surface area (Å²) < 4.78 is 13.3. The number of halogens is 1. The second kappa shape index (κ2) is 5.79. The number of carbonyl (C=O) groups excluding carboxylic acids is 1. The van der Waals surface area contributed by atoms with Crippen LogP contribution in [-0.4, -0.2) is 17.0 Å². The lowest BCUT2D eigenvalue weighted by Crippen LogP contribution is -2.19. The molecule has 0 saturated heterocycles. The molecule has 0 spiro atoms. The van der Waals surface area contributed by atoms with E-state index in [0.717, 1.165) is 6.08 Å². The number of aliphatic carboxylic acids is 1. The molecule has 0 atom stereocenters. The third-order valence-corrected chi connectivity index (χ3v) is 2.02. The van der Waals surface area contributed by atoms with Crippen molar-refractivity contribution in [3.8, 4) is 0 Å². The molecule has 90 valence electrons. The summed E-state index contributed by atoms with van der Waals surface area (Å²) in [5, 5.41) is 10.9. The highest BCUT2D eigenvalue weighted by Crippen LogP contribution is 2.11. The zero-order chi connectivity index (χ0) is 12.8. The summed E-state index contributed by atoms with van der Waals surface area (Å²) in [4.78, 5) is 21.0. The molecule has 1 rings (SSSR count). The number of rotatable bonds is 4. The number of nitrogens with one attached hydrogen (secondary N) is 1. The fourth-order valence-electron chi connectivity index (χ4n) is 1.22. The molecule has 0 aliphatic carbocycles. The predicted molar refractivity (Wildman–Crippen MR) is 60.6 cm³/mol. The minimum absolute atomic E-state index is 0.0793. The lowest BCUT2D eigenvalue weighted by atomic mass is 10.1. The molecule has 0 radical (unpaired) electrons. The van der Waals surface area contributed by atoms with Gasteiger partial charge in [-0.15, -0.1) is 0 Å². The number of carboxylic acids is 1. The third-order valence-electron chi connectivity index (χ3n) is 2.02. The van der Waals surface area contributed by atoms with Crippen LogP contribution in [0.4, 0.5) is 4.39 Å². The van der Waals surface area contributed by atoms with Crippen LogP contribution in [0.5, 0.6) is 0 Å². The highest BCUT2D eigenvalue weighted by molar-refractivity contribution is 5.85. The van der Waals surface area contributed by atoms with E-state index in [9.17, 15) is 14.0 Å². The maximum atomic E-state index is 13.3. The van der Waals surface area contributed by atoms with Gasteiger partial charge in [0.05, 0.1) is 0 Å². The molecule has 0 heterocycles. The molecule has 0 aliphatic heterocycles. The molecule has 0 fully saturated rings. The Balaban J connectivity index is 2.86. The van der Waals surface area contributed by atoms with Crippen molar-refractivity contribution in [2.45, 2.75) is 13.5 Å². The summed E-state index contributed by atoms with van der Waals surface area (Å²) in [6, 6.07) is 4.19. The van der Waals surface area contributed by atoms with Gasteiger partial charge in [0, 0.05) is 25.1 Å². The van der Waals surface area contributed by atoms with Gasteiger partial charge in [-0.3, -0.25) is 4.79 Å². The third kappa shape index (κ3) is 4.46. The van der Waals surface area contributed by atoms with Crippen LogP contribution in [-0.2, 0) is 16.1 Å². The van der Waals surface area contributed by atoms with Crippen molar-refractivity contribution in [1.29, 1.82) is 0 Å². The first-order valence-electron chi connectivity index (χ1n) is 4.93. The van der Waals surface area contributed by atoms with E-state index < -0.39 is 11.8 Å². The molecular weight excluding hydrogens is 225 g/mol. The van der Waals surface area contributed by atoms with Crippen LogP contribution in [0, 0.1) is 5.82 Å². The Morgan fingerprint density at radius 3 is 2.76 bits per heavy atom. The predicted octanol–water partition coefficient (Wildman–Crippen LogP) is 1.56. The number of amides is 1. The van der Waals surface area contributed by atoms with Gasteiger partial charge in [-0.1, -0.05) is 6.07 Å². The molecule has 1 aromatic rings. The van der Waals surface area contributed by atoms with Crippen LogP contribution in [0.25, 0.3) is 6.08 Å². The Kier molecular flexibility index (Phi) is 4.39. The van der Waals surface area contributed by atoms with Crippen molar-refractivity contribution in [2.75, 3.05) is 0 Å². The standard InChI is InChI=1S/C12H12FNO3/c1-8(15)14-7-10-6-9(2-4-11(10)13)3-5-12(16)17/h2-6H,7H2,1H3,(H,14,15)(H,16,17)/b5-3+. The van der Waals surface area contributed by atoms with Crippen molar-refractivity contribution in [3.05, 3.63) is 41.2 Å². The minimum Gasteiger partial charge on any atom is -0.478 e. The minimum atomic E-state index is -1.07. The Morgan fingerprint density at radius 1 is 1.47 bits per heavy atom. The van der Waals surface area contributed by atoms with E-state index >= 15 is 0 Å². The number of hydrogen-bond donors (Lipinski definition) is 2. The van der Waals surface area contributed by atoms with Crippen molar-refractivity contribution in [3.63, 3.8) is 0 Å². The lowest BCUT2D eigenvalue weighted by molar-refractivity contribution is -0.131. The van der Waals surface area contributed by atoms with Crippen molar-refractivity contribution in [1.82, 2.24) is 5.32 Å². The van der Waals surface area contributed by atoms with Gasteiger partial charge < -0.3 is 10.4 Å². The average Bonchev–Trinajstić information content (AvgIpc) is 2.26. The largest absolute Gasteiger partial charge is 0.478 e. The van der Waals surface area contributed by atoms with Gasteiger partial charge in [0.1, 0.15) is 5.82 Å². The first-order chi connectivity index (χ1) is 7.99. The van der Waals surface area contributed by atoms with Crippen molar-refractivity contribution >= 4 is 18.0 Å². The summed E-state index contributed by atoms with van der Waals surface area (Å²) in [5.41, 5.74) is 0.877. The number of carboxylic acid groups (broad SMARTS) is 1. The maximum Gasteiger partial charge on any atom is 0.328 e. The van der Waals surface area contributed by atoms with E-state index in [1.165, 1.54) is 31.2 Å². The summed E-state index contributed by atoms with van der Waals surface area (Å²) in [5.74, 6) is -1.76. The second-order valence-electron chi connectivity index (χ2n) is 3.43. The van der Waals surface area contributed by atoms with Gasteiger partial charge >= 0.3 is 5.97 Å². The fourth-order valence-corrected chi connectivity index (χ4v) is 1.22. The molecule has 5 heteroatoms. The maximum absolute atomic E-state index is 13.3. The highest BCUT2D eigenvalue weighted by atomic mass is 19.1. The molecule has 2 N–H and O–H groups in total. The molecule has 0 unspecified atom stereocenters. The molecule has 0 bridgehead atoms. The van der Waals surface area contributed by atoms with Crippen LogP contribution in [0.15, 0.2) is 24.3 Å². The van der Waals surface area contributed by atoms with E-state index in [-0.39, 0.29) is 12.5 Å².